The fourth-order valence-electron chi connectivity index (χ4n) is 3.79. The van der Waals surface area contributed by atoms with Gasteiger partial charge in [0.15, 0.2) is 23.1 Å². The Hall–Kier alpha value is -2.76. The molecular weight excluding hydrogens is 417 g/mol. The summed E-state index contributed by atoms with van der Waals surface area (Å²) >= 11 is 0. The SMILES string of the molecule is CCOc1cc2c(cc1OCC)C(c1ccc(F)c(Oc3ccccc3)c1)NCC2.Cl. The second-order valence-electron chi connectivity index (χ2n) is 7.11. The van der Waals surface area contributed by atoms with E-state index in [1.165, 1.54) is 11.6 Å². The molecule has 164 valence electrons. The van der Waals surface area contributed by atoms with Gasteiger partial charge in [0.25, 0.3) is 0 Å². The summed E-state index contributed by atoms with van der Waals surface area (Å²) < 4.78 is 31.8. The molecule has 0 radical (unpaired) electrons. The van der Waals surface area contributed by atoms with E-state index in [-0.39, 0.29) is 30.0 Å². The molecule has 4 rings (SSSR count). The van der Waals surface area contributed by atoms with Crippen molar-refractivity contribution in [3.63, 3.8) is 0 Å². The molecule has 0 aromatic heterocycles. The summed E-state index contributed by atoms with van der Waals surface area (Å²) in [5.41, 5.74) is 3.26. The minimum atomic E-state index is -0.389. The lowest BCUT2D eigenvalue weighted by atomic mass is 9.89. The van der Waals surface area contributed by atoms with Gasteiger partial charge in [0.05, 0.1) is 19.3 Å². The molecule has 0 saturated heterocycles. The van der Waals surface area contributed by atoms with E-state index < -0.39 is 0 Å². The normalized spacial score (nSPS) is 14.9. The average Bonchev–Trinajstić information content (AvgIpc) is 2.76. The summed E-state index contributed by atoms with van der Waals surface area (Å²) in [7, 11) is 0. The maximum atomic E-state index is 14.4. The molecule has 3 aromatic rings. The molecule has 3 aromatic carbocycles. The van der Waals surface area contributed by atoms with Gasteiger partial charge in [-0.15, -0.1) is 12.4 Å². The van der Waals surface area contributed by atoms with Crippen LogP contribution >= 0.6 is 12.4 Å². The van der Waals surface area contributed by atoms with Crippen molar-refractivity contribution in [3.8, 4) is 23.0 Å². The van der Waals surface area contributed by atoms with Crippen molar-refractivity contribution in [3.05, 3.63) is 83.2 Å². The maximum Gasteiger partial charge on any atom is 0.165 e. The Morgan fingerprint density at radius 2 is 1.61 bits per heavy atom. The molecule has 6 heteroatoms. The second kappa shape index (κ2) is 10.5. The standard InChI is InChI=1S/C25H26FNO3.ClH/c1-3-28-23-14-17-12-13-27-25(20(17)16-24(23)29-4-2)18-10-11-21(26)22(15-18)30-19-8-6-5-7-9-19;/h5-11,14-16,25,27H,3-4,12-13H2,1-2H3;1H. The molecule has 0 bridgehead atoms. The lowest BCUT2D eigenvalue weighted by Crippen LogP contribution is -2.30. The first-order valence-corrected chi connectivity index (χ1v) is 10.4. The van der Waals surface area contributed by atoms with E-state index in [0.29, 0.717) is 19.0 Å². The van der Waals surface area contributed by atoms with Crippen molar-refractivity contribution < 1.29 is 18.6 Å². The van der Waals surface area contributed by atoms with Crippen molar-refractivity contribution in [2.24, 2.45) is 0 Å². The number of nitrogens with one attached hydrogen (secondary N) is 1. The number of hydrogen-bond donors (Lipinski definition) is 1. The fraction of sp³-hybridized carbons (Fsp3) is 0.280. The van der Waals surface area contributed by atoms with Crippen LogP contribution < -0.4 is 19.5 Å². The topological polar surface area (TPSA) is 39.7 Å². The van der Waals surface area contributed by atoms with E-state index in [4.69, 9.17) is 14.2 Å². The molecule has 0 aliphatic carbocycles. The number of hydrogen-bond acceptors (Lipinski definition) is 4. The quantitative estimate of drug-likeness (QED) is 0.481. The highest BCUT2D eigenvalue weighted by atomic mass is 35.5. The monoisotopic (exact) mass is 443 g/mol. The van der Waals surface area contributed by atoms with Crippen molar-refractivity contribution >= 4 is 12.4 Å². The van der Waals surface area contributed by atoms with Gasteiger partial charge in [-0.2, -0.15) is 0 Å². The largest absolute Gasteiger partial charge is 0.490 e. The van der Waals surface area contributed by atoms with Crippen molar-refractivity contribution in [1.29, 1.82) is 0 Å². The van der Waals surface area contributed by atoms with Crippen molar-refractivity contribution in [1.82, 2.24) is 5.32 Å². The first kappa shape index (κ1) is 22.9. The number of para-hydroxylation sites is 1. The van der Waals surface area contributed by atoms with Crippen LogP contribution in [0.3, 0.4) is 0 Å². The van der Waals surface area contributed by atoms with Gasteiger partial charge in [0.1, 0.15) is 5.75 Å². The Balaban J connectivity index is 0.00000272. The molecule has 31 heavy (non-hydrogen) atoms. The number of halogens is 2. The molecule has 1 heterocycles. The van der Waals surface area contributed by atoms with E-state index >= 15 is 0 Å². The zero-order valence-corrected chi connectivity index (χ0v) is 18.5. The molecule has 0 spiro atoms. The van der Waals surface area contributed by atoms with Crippen molar-refractivity contribution in [2.75, 3.05) is 19.8 Å². The van der Waals surface area contributed by atoms with Gasteiger partial charge in [0, 0.05) is 6.54 Å². The lowest BCUT2D eigenvalue weighted by molar-refractivity contribution is 0.286. The number of benzene rings is 3. The molecule has 1 aliphatic heterocycles. The Bertz CT molecular complexity index is 1010. The highest BCUT2D eigenvalue weighted by Crippen LogP contribution is 2.39. The molecule has 0 amide bonds. The number of rotatable bonds is 7. The molecule has 1 aliphatic rings. The summed E-state index contributed by atoms with van der Waals surface area (Å²) in [4.78, 5) is 0. The average molecular weight is 444 g/mol. The maximum absolute atomic E-state index is 14.4. The van der Waals surface area contributed by atoms with Crippen LogP contribution in [0.5, 0.6) is 23.0 Å². The zero-order chi connectivity index (χ0) is 20.9. The first-order chi connectivity index (χ1) is 14.7. The zero-order valence-electron chi connectivity index (χ0n) is 17.7. The first-order valence-electron chi connectivity index (χ1n) is 10.4. The minimum Gasteiger partial charge on any atom is -0.490 e. The minimum absolute atomic E-state index is 0. The fourth-order valence-corrected chi connectivity index (χ4v) is 3.79. The third-order valence-electron chi connectivity index (χ3n) is 5.12. The van der Waals surface area contributed by atoms with Crippen LogP contribution in [-0.4, -0.2) is 19.8 Å². The number of ether oxygens (including phenoxy) is 3. The summed E-state index contributed by atoms with van der Waals surface area (Å²) in [5, 5.41) is 3.55. The highest BCUT2D eigenvalue weighted by Gasteiger charge is 2.25. The third kappa shape index (κ3) is 5.12. The second-order valence-corrected chi connectivity index (χ2v) is 7.11. The summed E-state index contributed by atoms with van der Waals surface area (Å²) in [6.07, 6.45) is 0.896. The predicted octanol–water partition coefficient (Wildman–Crippen LogP) is 6.07. The smallest absolute Gasteiger partial charge is 0.165 e. The molecule has 0 fully saturated rings. The molecule has 0 saturated carbocycles. The Morgan fingerprint density at radius 1 is 0.903 bits per heavy atom. The molecule has 1 atom stereocenters. The number of fused-ring (bicyclic) bond motifs is 1. The van der Waals surface area contributed by atoms with E-state index in [2.05, 4.69) is 11.4 Å². The van der Waals surface area contributed by atoms with Crippen LogP contribution in [0.1, 0.15) is 36.6 Å². The summed E-state index contributed by atoms with van der Waals surface area (Å²) in [5.74, 6) is 1.93. The van der Waals surface area contributed by atoms with Gasteiger partial charge in [-0.1, -0.05) is 24.3 Å². The lowest BCUT2D eigenvalue weighted by Gasteiger charge is -2.29. The van der Waals surface area contributed by atoms with Gasteiger partial charge in [-0.3, -0.25) is 0 Å². The summed E-state index contributed by atoms with van der Waals surface area (Å²) in [6, 6.07) is 18.3. The highest BCUT2D eigenvalue weighted by molar-refractivity contribution is 5.85. The van der Waals surface area contributed by atoms with Crippen molar-refractivity contribution in [2.45, 2.75) is 26.3 Å². The van der Waals surface area contributed by atoms with Crippen LogP contribution in [0.4, 0.5) is 4.39 Å². The molecule has 1 unspecified atom stereocenters. The van der Waals surface area contributed by atoms with Gasteiger partial charge >= 0.3 is 0 Å². The van der Waals surface area contributed by atoms with Gasteiger partial charge in [-0.05, 0) is 73.4 Å². The van der Waals surface area contributed by atoms with Crippen LogP contribution in [0.25, 0.3) is 0 Å². The predicted molar refractivity (Wildman–Crippen MR) is 122 cm³/mol. The molecular formula is C25H27ClFNO3. The Kier molecular flexibility index (Phi) is 7.77. The van der Waals surface area contributed by atoms with Gasteiger partial charge in [0.2, 0.25) is 0 Å². The van der Waals surface area contributed by atoms with Crippen LogP contribution in [0.15, 0.2) is 60.7 Å². The van der Waals surface area contributed by atoms with E-state index in [9.17, 15) is 4.39 Å². The van der Waals surface area contributed by atoms with E-state index in [1.54, 1.807) is 12.1 Å². The Morgan fingerprint density at radius 3 is 2.32 bits per heavy atom. The van der Waals surface area contributed by atoms with Crippen LogP contribution in [0.2, 0.25) is 0 Å². The van der Waals surface area contributed by atoms with E-state index in [0.717, 1.165) is 35.6 Å². The summed E-state index contributed by atoms with van der Waals surface area (Å²) in [6.45, 7) is 5.88. The van der Waals surface area contributed by atoms with Crippen LogP contribution in [0, 0.1) is 5.82 Å². The van der Waals surface area contributed by atoms with Gasteiger partial charge < -0.3 is 19.5 Å². The molecule has 1 N–H and O–H groups in total. The van der Waals surface area contributed by atoms with Gasteiger partial charge in [-0.25, -0.2) is 4.39 Å². The van der Waals surface area contributed by atoms with Crippen LogP contribution in [-0.2, 0) is 6.42 Å². The third-order valence-corrected chi connectivity index (χ3v) is 5.12. The Labute approximate surface area is 188 Å². The molecule has 4 nitrogen and oxygen atoms in total. The van der Waals surface area contributed by atoms with E-state index in [1.807, 2.05) is 50.2 Å².